The number of rotatable bonds is 3. The minimum atomic E-state index is 0.310. The van der Waals surface area contributed by atoms with Crippen LogP contribution in [0.2, 0.25) is 0 Å². The molecule has 0 aliphatic carbocycles. The second kappa shape index (κ2) is 4.68. The van der Waals surface area contributed by atoms with Crippen LogP contribution in [0.25, 0.3) is 22.3 Å². The van der Waals surface area contributed by atoms with E-state index in [1.165, 1.54) is 0 Å². The number of anilines is 1. The fourth-order valence-corrected chi connectivity index (χ4v) is 1.94. The molecule has 2 N–H and O–H groups in total. The second-order valence-electron chi connectivity index (χ2n) is 4.70. The van der Waals surface area contributed by atoms with Gasteiger partial charge in [0.15, 0.2) is 0 Å². The zero-order valence-corrected chi connectivity index (χ0v) is 10.9. The van der Waals surface area contributed by atoms with Gasteiger partial charge in [-0.1, -0.05) is 6.07 Å². The standard InChI is InChI=1S/C14H15N5/c1-9(2)18-14-15-6-5-11(19-14)10-3-4-12-13(7-10)17-8-16-12/h3-9H,1-2H3,(H,16,17)(H,15,18,19). The molecule has 19 heavy (non-hydrogen) atoms. The van der Waals surface area contributed by atoms with Gasteiger partial charge in [0, 0.05) is 17.8 Å². The van der Waals surface area contributed by atoms with Crippen molar-refractivity contribution in [2.75, 3.05) is 5.32 Å². The maximum Gasteiger partial charge on any atom is 0.223 e. The Morgan fingerprint density at radius 2 is 2.05 bits per heavy atom. The summed E-state index contributed by atoms with van der Waals surface area (Å²) >= 11 is 0. The zero-order valence-electron chi connectivity index (χ0n) is 10.9. The van der Waals surface area contributed by atoms with Gasteiger partial charge in [-0.2, -0.15) is 0 Å². The van der Waals surface area contributed by atoms with Gasteiger partial charge in [0.1, 0.15) is 0 Å². The average Bonchev–Trinajstić information content (AvgIpc) is 2.85. The Morgan fingerprint density at radius 1 is 1.16 bits per heavy atom. The molecule has 2 aromatic heterocycles. The zero-order chi connectivity index (χ0) is 13.2. The summed E-state index contributed by atoms with van der Waals surface area (Å²) in [6.45, 7) is 4.12. The summed E-state index contributed by atoms with van der Waals surface area (Å²) in [4.78, 5) is 16.0. The molecule has 0 bridgehead atoms. The van der Waals surface area contributed by atoms with Crippen molar-refractivity contribution < 1.29 is 0 Å². The summed E-state index contributed by atoms with van der Waals surface area (Å²) in [5.74, 6) is 0.650. The van der Waals surface area contributed by atoms with E-state index in [4.69, 9.17) is 0 Å². The summed E-state index contributed by atoms with van der Waals surface area (Å²) in [6, 6.07) is 8.27. The highest BCUT2D eigenvalue weighted by Gasteiger charge is 2.05. The van der Waals surface area contributed by atoms with Crippen molar-refractivity contribution in [3.05, 3.63) is 36.8 Å². The van der Waals surface area contributed by atoms with Crippen molar-refractivity contribution in [1.82, 2.24) is 19.9 Å². The molecule has 96 valence electrons. The molecule has 2 heterocycles. The van der Waals surface area contributed by atoms with Gasteiger partial charge in [0.25, 0.3) is 0 Å². The normalized spacial score (nSPS) is 11.1. The van der Waals surface area contributed by atoms with Gasteiger partial charge >= 0.3 is 0 Å². The molecule has 0 aliphatic heterocycles. The maximum absolute atomic E-state index is 4.52. The molecule has 1 aromatic carbocycles. The lowest BCUT2D eigenvalue weighted by atomic mass is 10.1. The van der Waals surface area contributed by atoms with E-state index < -0.39 is 0 Å². The van der Waals surface area contributed by atoms with Crippen molar-refractivity contribution in [3.63, 3.8) is 0 Å². The molecule has 0 radical (unpaired) electrons. The molecule has 0 fully saturated rings. The molecule has 0 aliphatic rings. The number of aromatic nitrogens is 4. The second-order valence-corrected chi connectivity index (χ2v) is 4.70. The number of hydrogen-bond acceptors (Lipinski definition) is 4. The fraction of sp³-hybridized carbons (Fsp3) is 0.214. The van der Waals surface area contributed by atoms with Crippen molar-refractivity contribution in [1.29, 1.82) is 0 Å². The van der Waals surface area contributed by atoms with Crippen LogP contribution in [0.3, 0.4) is 0 Å². The molecule has 5 heteroatoms. The summed E-state index contributed by atoms with van der Waals surface area (Å²) in [7, 11) is 0. The monoisotopic (exact) mass is 253 g/mol. The number of fused-ring (bicyclic) bond motifs is 1. The molecule has 0 saturated heterocycles. The third-order valence-corrected chi connectivity index (χ3v) is 2.79. The molecule has 0 unspecified atom stereocenters. The Balaban J connectivity index is 2.00. The molecule has 5 nitrogen and oxygen atoms in total. The Hall–Kier alpha value is -2.43. The van der Waals surface area contributed by atoms with E-state index >= 15 is 0 Å². The van der Waals surface area contributed by atoms with E-state index in [0.29, 0.717) is 12.0 Å². The summed E-state index contributed by atoms with van der Waals surface area (Å²) in [5, 5.41) is 3.20. The van der Waals surface area contributed by atoms with E-state index in [-0.39, 0.29) is 0 Å². The van der Waals surface area contributed by atoms with E-state index in [1.54, 1.807) is 12.5 Å². The molecule has 0 spiro atoms. The first kappa shape index (κ1) is 11.6. The first-order valence-electron chi connectivity index (χ1n) is 6.25. The van der Waals surface area contributed by atoms with Gasteiger partial charge in [0.2, 0.25) is 5.95 Å². The number of H-pyrrole nitrogens is 1. The van der Waals surface area contributed by atoms with Crippen molar-refractivity contribution >= 4 is 17.0 Å². The number of nitrogens with one attached hydrogen (secondary N) is 2. The van der Waals surface area contributed by atoms with E-state index in [1.807, 2.05) is 24.3 Å². The third-order valence-electron chi connectivity index (χ3n) is 2.79. The van der Waals surface area contributed by atoms with Crippen molar-refractivity contribution in [2.45, 2.75) is 19.9 Å². The van der Waals surface area contributed by atoms with Crippen LogP contribution in [-0.2, 0) is 0 Å². The Bertz CT molecular complexity index is 702. The average molecular weight is 253 g/mol. The van der Waals surface area contributed by atoms with Crippen LogP contribution in [0.1, 0.15) is 13.8 Å². The maximum atomic E-state index is 4.52. The van der Waals surface area contributed by atoms with Crippen molar-refractivity contribution in [3.8, 4) is 11.3 Å². The quantitative estimate of drug-likeness (QED) is 0.753. The van der Waals surface area contributed by atoms with Crippen LogP contribution in [0.5, 0.6) is 0 Å². The fourth-order valence-electron chi connectivity index (χ4n) is 1.94. The van der Waals surface area contributed by atoms with Crippen LogP contribution < -0.4 is 5.32 Å². The predicted octanol–water partition coefficient (Wildman–Crippen LogP) is 2.84. The Labute approximate surface area is 111 Å². The lowest BCUT2D eigenvalue weighted by Crippen LogP contribution is -2.12. The van der Waals surface area contributed by atoms with Crippen LogP contribution in [-0.4, -0.2) is 26.0 Å². The summed E-state index contributed by atoms with van der Waals surface area (Å²) in [5.41, 5.74) is 3.91. The lowest BCUT2D eigenvalue weighted by molar-refractivity contribution is 0.875. The van der Waals surface area contributed by atoms with Crippen LogP contribution in [0.15, 0.2) is 36.8 Å². The minimum absolute atomic E-state index is 0.310. The highest BCUT2D eigenvalue weighted by atomic mass is 15.1. The van der Waals surface area contributed by atoms with Crippen LogP contribution in [0, 0.1) is 0 Å². The Kier molecular flexibility index (Phi) is 2.87. The highest BCUT2D eigenvalue weighted by Crippen LogP contribution is 2.21. The van der Waals surface area contributed by atoms with E-state index in [0.717, 1.165) is 22.3 Å². The summed E-state index contributed by atoms with van der Waals surface area (Å²) < 4.78 is 0. The highest BCUT2D eigenvalue weighted by molar-refractivity contribution is 5.80. The number of benzene rings is 1. The molecule has 3 aromatic rings. The van der Waals surface area contributed by atoms with Gasteiger partial charge < -0.3 is 10.3 Å². The first-order valence-corrected chi connectivity index (χ1v) is 6.25. The van der Waals surface area contributed by atoms with E-state index in [2.05, 4.69) is 39.1 Å². The molecule has 3 rings (SSSR count). The molecule has 0 amide bonds. The minimum Gasteiger partial charge on any atom is -0.352 e. The molecular formula is C14H15N5. The molecular weight excluding hydrogens is 238 g/mol. The Morgan fingerprint density at radius 3 is 2.89 bits per heavy atom. The lowest BCUT2D eigenvalue weighted by Gasteiger charge is -2.09. The van der Waals surface area contributed by atoms with Crippen LogP contribution >= 0.6 is 0 Å². The predicted molar refractivity (Wildman–Crippen MR) is 75.9 cm³/mol. The molecule has 0 saturated carbocycles. The van der Waals surface area contributed by atoms with E-state index in [9.17, 15) is 0 Å². The first-order chi connectivity index (χ1) is 9.22. The van der Waals surface area contributed by atoms with Gasteiger partial charge in [-0.15, -0.1) is 0 Å². The van der Waals surface area contributed by atoms with Gasteiger partial charge in [-0.3, -0.25) is 0 Å². The number of aromatic amines is 1. The largest absolute Gasteiger partial charge is 0.352 e. The summed E-state index contributed by atoms with van der Waals surface area (Å²) in [6.07, 6.45) is 3.46. The van der Waals surface area contributed by atoms with Gasteiger partial charge in [-0.25, -0.2) is 15.0 Å². The topological polar surface area (TPSA) is 66.5 Å². The van der Waals surface area contributed by atoms with Crippen molar-refractivity contribution in [2.24, 2.45) is 0 Å². The van der Waals surface area contributed by atoms with Gasteiger partial charge in [-0.05, 0) is 32.0 Å². The third kappa shape index (κ3) is 2.40. The number of hydrogen-bond donors (Lipinski definition) is 2. The molecule has 0 atom stereocenters. The van der Waals surface area contributed by atoms with Gasteiger partial charge in [0.05, 0.1) is 23.1 Å². The smallest absolute Gasteiger partial charge is 0.223 e. The van der Waals surface area contributed by atoms with Crippen LogP contribution in [0.4, 0.5) is 5.95 Å². The number of imidazole rings is 1. The SMILES string of the molecule is CC(C)Nc1nccc(-c2ccc3nc[nH]c3c2)n1. The number of nitrogens with zero attached hydrogens (tertiary/aromatic N) is 3.